The molecule has 2 aromatic heterocycles. The van der Waals surface area contributed by atoms with E-state index in [0.717, 1.165) is 32.1 Å². The molecular formula is C17H21N5O2S. The number of nitriles is 1. The van der Waals surface area contributed by atoms with Gasteiger partial charge in [-0.3, -0.25) is 4.79 Å². The summed E-state index contributed by atoms with van der Waals surface area (Å²) in [5.41, 5.74) is -0.719. The number of furan rings is 1. The number of hydrogen-bond donors (Lipinski definition) is 1. The minimum Gasteiger partial charge on any atom is -0.461 e. The molecule has 1 aliphatic rings. The molecule has 2 aromatic rings. The van der Waals surface area contributed by atoms with E-state index in [0.29, 0.717) is 16.7 Å². The first-order valence-corrected chi connectivity index (χ1v) is 9.26. The van der Waals surface area contributed by atoms with Crippen molar-refractivity contribution in [2.75, 3.05) is 0 Å². The lowest BCUT2D eigenvalue weighted by atomic mass is 9.83. The van der Waals surface area contributed by atoms with Gasteiger partial charge >= 0.3 is 0 Å². The van der Waals surface area contributed by atoms with E-state index in [1.165, 1.54) is 11.8 Å². The Morgan fingerprint density at radius 2 is 2.20 bits per heavy atom. The van der Waals surface area contributed by atoms with E-state index in [9.17, 15) is 10.1 Å². The first-order chi connectivity index (χ1) is 12.0. The Morgan fingerprint density at radius 1 is 1.44 bits per heavy atom. The summed E-state index contributed by atoms with van der Waals surface area (Å²) in [4.78, 5) is 12.6. The maximum Gasteiger partial charge on any atom is 0.234 e. The molecule has 0 aliphatic heterocycles. The molecule has 1 atom stereocenters. The Bertz CT molecular complexity index is 772. The molecule has 25 heavy (non-hydrogen) atoms. The molecule has 1 saturated carbocycles. The maximum absolute atomic E-state index is 12.6. The summed E-state index contributed by atoms with van der Waals surface area (Å²) in [6.07, 6.45) is 6.10. The molecule has 2 heterocycles. The fourth-order valence-corrected chi connectivity index (χ4v) is 3.82. The normalized spacial score (nSPS) is 17.6. The van der Waals surface area contributed by atoms with Gasteiger partial charge in [-0.25, -0.2) is 0 Å². The van der Waals surface area contributed by atoms with E-state index >= 15 is 0 Å². The van der Waals surface area contributed by atoms with Crippen LogP contribution in [0.4, 0.5) is 0 Å². The molecule has 7 nitrogen and oxygen atoms in total. The number of rotatable bonds is 5. The van der Waals surface area contributed by atoms with Crippen LogP contribution < -0.4 is 5.32 Å². The number of amides is 1. The third-order valence-corrected chi connectivity index (χ3v) is 5.65. The average Bonchev–Trinajstić information content (AvgIpc) is 3.26. The second-order valence-electron chi connectivity index (χ2n) is 6.35. The van der Waals surface area contributed by atoms with Crippen LogP contribution in [0.3, 0.4) is 0 Å². The molecule has 1 N–H and O–H groups in total. The van der Waals surface area contributed by atoms with Gasteiger partial charge in [-0.2, -0.15) is 5.26 Å². The van der Waals surface area contributed by atoms with Gasteiger partial charge in [-0.1, -0.05) is 31.0 Å². The van der Waals surface area contributed by atoms with Crippen molar-refractivity contribution >= 4 is 17.7 Å². The Kier molecular flexibility index (Phi) is 5.13. The number of aromatic nitrogens is 3. The highest BCUT2D eigenvalue weighted by Crippen LogP contribution is 2.30. The van der Waals surface area contributed by atoms with Crippen LogP contribution in [0.2, 0.25) is 0 Å². The molecule has 0 bridgehead atoms. The summed E-state index contributed by atoms with van der Waals surface area (Å²) in [6.45, 7) is 1.81. The number of nitrogens with zero attached hydrogens (tertiary/aromatic N) is 4. The van der Waals surface area contributed by atoms with Gasteiger partial charge in [0.2, 0.25) is 5.91 Å². The Morgan fingerprint density at radius 3 is 2.84 bits per heavy atom. The summed E-state index contributed by atoms with van der Waals surface area (Å²) in [5.74, 6) is 1.10. The van der Waals surface area contributed by atoms with Crippen LogP contribution in [-0.4, -0.2) is 31.5 Å². The van der Waals surface area contributed by atoms with Crippen molar-refractivity contribution in [1.29, 1.82) is 5.26 Å². The van der Waals surface area contributed by atoms with Crippen LogP contribution in [-0.2, 0) is 11.8 Å². The van der Waals surface area contributed by atoms with E-state index in [-0.39, 0.29) is 11.2 Å². The summed E-state index contributed by atoms with van der Waals surface area (Å²) in [7, 11) is 1.84. The highest BCUT2D eigenvalue weighted by molar-refractivity contribution is 8.00. The Balaban J connectivity index is 1.67. The van der Waals surface area contributed by atoms with Crippen LogP contribution in [0.1, 0.15) is 39.0 Å². The predicted octanol–water partition coefficient (Wildman–Crippen LogP) is 2.90. The highest BCUT2D eigenvalue weighted by atomic mass is 32.2. The van der Waals surface area contributed by atoms with Crippen LogP contribution in [0.25, 0.3) is 11.6 Å². The topological polar surface area (TPSA) is 96.7 Å². The fourth-order valence-electron chi connectivity index (χ4n) is 3.01. The molecule has 1 fully saturated rings. The average molecular weight is 359 g/mol. The molecule has 3 rings (SSSR count). The third-order valence-electron chi connectivity index (χ3n) is 4.51. The van der Waals surface area contributed by atoms with Gasteiger partial charge in [0.05, 0.1) is 17.6 Å². The summed E-state index contributed by atoms with van der Waals surface area (Å²) in [6, 6.07) is 5.92. The van der Waals surface area contributed by atoms with E-state index in [1.807, 2.05) is 20.0 Å². The van der Waals surface area contributed by atoms with Gasteiger partial charge in [0.1, 0.15) is 5.54 Å². The van der Waals surface area contributed by atoms with Gasteiger partial charge < -0.3 is 14.3 Å². The number of carbonyl (C=O) groups excluding carboxylic acids is 1. The smallest absolute Gasteiger partial charge is 0.234 e. The first-order valence-electron chi connectivity index (χ1n) is 8.38. The monoisotopic (exact) mass is 359 g/mol. The van der Waals surface area contributed by atoms with Gasteiger partial charge in [0, 0.05) is 7.05 Å². The van der Waals surface area contributed by atoms with Gasteiger partial charge in [0.15, 0.2) is 16.7 Å². The first kappa shape index (κ1) is 17.5. The zero-order valence-corrected chi connectivity index (χ0v) is 15.2. The lowest BCUT2D eigenvalue weighted by Gasteiger charge is -2.32. The zero-order valence-electron chi connectivity index (χ0n) is 14.4. The van der Waals surface area contributed by atoms with E-state index in [1.54, 1.807) is 16.9 Å². The third kappa shape index (κ3) is 3.71. The number of carbonyl (C=O) groups is 1. The highest BCUT2D eigenvalue weighted by Gasteiger charge is 2.35. The zero-order chi connectivity index (χ0) is 17.9. The SMILES string of the molecule is CC(Sc1nnc(-c2ccco2)n1C)C(=O)NC1(C#N)CCCCC1. The van der Waals surface area contributed by atoms with Crippen molar-refractivity contribution in [3.8, 4) is 17.7 Å². The maximum atomic E-state index is 12.6. The molecule has 0 saturated heterocycles. The quantitative estimate of drug-likeness (QED) is 0.825. The van der Waals surface area contributed by atoms with E-state index in [4.69, 9.17) is 4.42 Å². The summed E-state index contributed by atoms with van der Waals surface area (Å²) in [5, 5.41) is 21.0. The molecule has 8 heteroatoms. The Labute approximate surface area is 150 Å². The van der Waals surface area contributed by atoms with Crippen molar-refractivity contribution in [3.63, 3.8) is 0 Å². The predicted molar refractivity (Wildman–Crippen MR) is 93.6 cm³/mol. The molecule has 0 radical (unpaired) electrons. The van der Waals surface area contributed by atoms with E-state index < -0.39 is 5.54 Å². The van der Waals surface area contributed by atoms with Gasteiger partial charge in [-0.15, -0.1) is 10.2 Å². The minimum atomic E-state index is -0.719. The number of thioether (sulfide) groups is 1. The van der Waals surface area contributed by atoms with Crippen LogP contribution in [0.15, 0.2) is 28.0 Å². The second kappa shape index (κ2) is 7.31. The second-order valence-corrected chi connectivity index (χ2v) is 7.65. The van der Waals surface area contributed by atoms with Crippen LogP contribution in [0.5, 0.6) is 0 Å². The lowest BCUT2D eigenvalue weighted by Crippen LogP contribution is -2.50. The molecule has 1 unspecified atom stereocenters. The Hall–Kier alpha value is -2.27. The van der Waals surface area contributed by atoms with Crippen LogP contribution >= 0.6 is 11.8 Å². The molecule has 1 amide bonds. The fraction of sp³-hybridized carbons (Fsp3) is 0.529. The largest absolute Gasteiger partial charge is 0.461 e. The summed E-state index contributed by atoms with van der Waals surface area (Å²) >= 11 is 1.32. The molecule has 0 spiro atoms. The molecule has 132 valence electrons. The van der Waals surface area contributed by atoms with Gasteiger partial charge in [0.25, 0.3) is 0 Å². The standard InChI is InChI=1S/C17H21N5O2S/c1-12(15(23)19-17(11-18)8-4-3-5-9-17)25-16-21-20-14(22(16)2)13-7-6-10-24-13/h6-7,10,12H,3-5,8-9H2,1-2H3,(H,19,23). The number of hydrogen-bond acceptors (Lipinski definition) is 6. The minimum absolute atomic E-state index is 0.143. The van der Waals surface area contributed by atoms with Crippen LogP contribution in [0, 0.1) is 11.3 Å². The molecule has 0 aromatic carbocycles. The van der Waals surface area contributed by atoms with Gasteiger partial charge in [-0.05, 0) is 31.9 Å². The van der Waals surface area contributed by atoms with Crippen molar-refractivity contribution in [1.82, 2.24) is 20.1 Å². The molecular weight excluding hydrogens is 338 g/mol. The van der Waals surface area contributed by atoms with E-state index in [2.05, 4.69) is 21.6 Å². The molecule has 1 aliphatic carbocycles. The summed E-state index contributed by atoms with van der Waals surface area (Å²) < 4.78 is 7.15. The lowest BCUT2D eigenvalue weighted by molar-refractivity contribution is -0.121. The number of nitrogens with one attached hydrogen (secondary N) is 1. The van der Waals surface area contributed by atoms with Crippen molar-refractivity contribution in [3.05, 3.63) is 18.4 Å². The van der Waals surface area contributed by atoms with Crippen molar-refractivity contribution in [2.45, 2.75) is 55.0 Å². The van der Waals surface area contributed by atoms with Crippen molar-refractivity contribution < 1.29 is 9.21 Å². The van der Waals surface area contributed by atoms with Crippen molar-refractivity contribution in [2.24, 2.45) is 7.05 Å².